The predicted octanol–water partition coefficient (Wildman–Crippen LogP) is 12.4. The lowest BCUT2D eigenvalue weighted by Gasteiger charge is -2.46. The highest BCUT2D eigenvalue weighted by Crippen LogP contribution is 2.46. The summed E-state index contributed by atoms with van der Waals surface area (Å²) in [7, 11) is 0. The Hall–Kier alpha value is -7.31. The van der Waals surface area contributed by atoms with E-state index in [2.05, 4.69) is 242 Å². The molecule has 6 heteroatoms. The number of fused-ring (bicyclic) bond motifs is 9. The van der Waals surface area contributed by atoms with Gasteiger partial charge in [-0.25, -0.2) is 4.98 Å². The summed E-state index contributed by atoms with van der Waals surface area (Å²) in [6.07, 6.45) is 0. The van der Waals surface area contributed by atoms with Crippen molar-refractivity contribution in [3.63, 3.8) is 0 Å². The van der Waals surface area contributed by atoms with Crippen LogP contribution < -0.4 is 26.2 Å². The molecule has 0 radical (unpaired) electrons. The van der Waals surface area contributed by atoms with E-state index < -0.39 is 0 Å². The van der Waals surface area contributed by atoms with Gasteiger partial charge in [0.1, 0.15) is 0 Å². The fourth-order valence-corrected chi connectivity index (χ4v) is 10.7. The van der Waals surface area contributed by atoms with Gasteiger partial charge in [-0.05, 0) is 137 Å². The molecule has 4 heterocycles. The summed E-state index contributed by atoms with van der Waals surface area (Å²) in [5.74, 6) is 0.909. The lowest BCUT2D eigenvalue weighted by molar-refractivity contribution is 0.590. The first-order valence-corrected chi connectivity index (χ1v) is 22.2. The molecule has 8 aromatic carbocycles. The summed E-state index contributed by atoms with van der Waals surface area (Å²) in [5, 5.41) is 0. The Bertz CT molecular complexity index is 3370. The number of hydrogen-bond donors (Lipinski definition) is 0. The third kappa shape index (κ3) is 5.60. The molecule has 304 valence electrons. The van der Waals surface area contributed by atoms with Gasteiger partial charge >= 0.3 is 0 Å². The van der Waals surface area contributed by atoms with Gasteiger partial charge < -0.3 is 9.80 Å². The Morgan fingerprint density at radius 1 is 0.540 bits per heavy atom. The molecule has 0 N–H and O–H groups in total. The van der Waals surface area contributed by atoms with Gasteiger partial charge in [0.05, 0.1) is 22.1 Å². The number of para-hydroxylation sites is 5. The van der Waals surface area contributed by atoms with E-state index in [1.54, 1.807) is 0 Å². The number of anilines is 6. The van der Waals surface area contributed by atoms with Crippen molar-refractivity contribution < 1.29 is 0 Å². The predicted molar refractivity (Wildman–Crippen MR) is 266 cm³/mol. The number of aryl methyl sites for hydroxylation is 1. The maximum Gasteiger partial charge on any atom is 0.247 e. The van der Waals surface area contributed by atoms with Crippen LogP contribution in [-0.2, 0) is 10.8 Å². The number of aromatic nitrogens is 3. The minimum Gasteiger partial charge on any atom is -0.311 e. The van der Waals surface area contributed by atoms with Crippen molar-refractivity contribution in [1.82, 2.24) is 14.0 Å². The molecule has 0 spiro atoms. The van der Waals surface area contributed by atoms with Gasteiger partial charge in [0.25, 0.3) is 0 Å². The molecule has 63 heavy (non-hydrogen) atoms. The molecule has 5 nitrogen and oxygen atoms in total. The minimum atomic E-state index is -0.301. The molecule has 0 unspecified atom stereocenters. The molecule has 0 saturated carbocycles. The second-order valence-electron chi connectivity index (χ2n) is 19.0. The zero-order valence-corrected chi connectivity index (χ0v) is 36.6. The highest BCUT2D eigenvalue weighted by Gasteiger charge is 2.47. The second kappa shape index (κ2) is 13.6. The van der Waals surface area contributed by atoms with Crippen molar-refractivity contribution in [2.75, 3.05) is 9.80 Å². The molecular weight excluding hydrogens is 765 g/mol. The van der Waals surface area contributed by atoms with Crippen LogP contribution >= 0.6 is 0 Å². The summed E-state index contributed by atoms with van der Waals surface area (Å²) in [5.41, 5.74) is 21.5. The van der Waals surface area contributed by atoms with Crippen LogP contribution in [-0.4, -0.2) is 20.7 Å². The van der Waals surface area contributed by atoms with Crippen LogP contribution in [0.1, 0.15) is 56.9 Å². The van der Waals surface area contributed by atoms with Crippen LogP contribution in [0, 0.1) is 6.92 Å². The third-order valence-electron chi connectivity index (χ3n) is 13.7. The summed E-state index contributed by atoms with van der Waals surface area (Å²) in [6.45, 7) is 14.0. The van der Waals surface area contributed by atoms with Crippen LogP contribution in [0.15, 0.2) is 182 Å². The van der Waals surface area contributed by atoms with Crippen molar-refractivity contribution in [2.45, 2.75) is 52.4 Å². The summed E-state index contributed by atoms with van der Waals surface area (Å²) in [6, 6.07) is 67.1. The van der Waals surface area contributed by atoms with Gasteiger partial charge in [-0.1, -0.05) is 131 Å². The van der Waals surface area contributed by atoms with E-state index in [9.17, 15) is 0 Å². The molecular formula is C57H48BN5. The maximum absolute atomic E-state index is 5.32. The highest BCUT2D eigenvalue weighted by molar-refractivity contribution is 6.99. The molecule has 2 aromatic heterocycles. The fraction of sp³-hybridized carbons (Fsp3) is 0.140. The average Bonchev–Trinajstić information content (AvgIpc) is 3.82. The first kappa shape index (κ1) is 37.5. The van der Waals surface area contributed by atoms with Crippen LogP contribution in [0.4, 0.5) is 34.1 Å². The van der Waals surface area contributed by atoms with Gasteiger partial charge in [0.2, 0.25) is 12.5 Å². The van der Waals surface area contributed by atoms with Crippen molar-refractivity contribution in [1.29, 1.82) is 0 Å². The molecule has 2 aliphatic rings. The van der Waals surface area contributed by atoms with E-state index >= 15 is 0 Å². The van der Waals surface area contributed by atoms with E-state index in [0.29, 0.717) is 0 Å². The lowest BCUT2D eigenvalue weighted by Crippen LogP contribution is -2.64. The van der Waals surface area contributed by atoms with Crippen LogP contribution in [0.5, 0.6) is 0 Å². The van der Waals surface area contributed by atoms with Crippen molar-refractivity contribution in [2.24, 2.45) is 0 Å². The zero-order valence-electron chi connectivity index (χ0n) is 36.6. The van der Waals surface area contributed by atoms with Crippen LogP contribution in [0.3, 0.4) is 0 Å². The van der Waals surface area contributed by atoms with Gasteiger partial charge in [-0.3, -0.25) is 8.97 Å². The normalized spacial score (nSPS) is 13.9. The fourth-order valence-electron chi connectivity index (χ4n) is 10.7. The summed E-state index contributed by atoms with van der Waals surface area (Å²) >= 11 is 0. The molecule has 0 saturated heterocycles. The summed E-state index contributed by atoms with van der Waals surface area (Å²) < 4.78 is 4.72. The summed E-state index contributed by atoms with van der Waals surface area (Å²) in [4.78, 5) is 10.3. The quantitative estimate of drug-likeness (QED) is 0.162. The minimum absolute atomic E-state index is 0.0118. The average molecular weight is 814 g/mol. The van der Waals surface area contributed by atoms with E-state index in [1.807, 2.05) is 0 Å². The number of rotatable bonds is 5. The molecule has 0 bridgehead atoms. The number of hydrogen-bond acceptors (Lipinski definition) is 3. The Morgan fingerprint density at radius 2 is 1.19 bits per heavy atom. The number of benzene rings is 8. The van der Waals surface area contributed by atoms with E-state index in [4.69, 9.17) is 4.98 Å². The number of nitrogens with zero attached hydrogens (tertiary/aromatic N) is 5. The Morgan fingerprint density at radius 3 is 1.87 bits per heavy atom. The lowest BCUT2D eigenvalue weighted by atomic mass is 9.30. The van der Waals surface area contributed by atoms with Gasteiger partial charge in [0.15, 0.2) is 0 Å². The highest BCUT2D eigenvalue weighted by atomic mass is 15.2. The van der Waals surface area contributed by atoms with Crippen molar-refractivity contribution in [3.8, 4) is 5.69 Å². The molecule has 0 aliphatic carbocycles. The Labute approximate surface area is 369 Å². The molecule has 10 aromatic rings. The largest absolute Gasteiger partial charge is 0.311 e. The molecule has 12 rings (SSSR count). The Balaban J connectivity index is 1.18. The standard InChI is InChI=1S/C57H48BN5/c1-37-32-45-54-53(33-37)61(42-28-26-38(27-29-42)56(2,3)4)50-36-52-51(62(41-22-14-9-15-23-41)55-59-48-24-16-17-25-49(48)63(52)55)35-47(50)58(54)46-31-30-43(34-44(46)57(45,5)6)60(39-18-10-7-11-19-39)40-20-12-8-13-21-40/h7-36H,1-6H3. The second-order valence-corrected chi connectivity index (χ2v) is 19.0. The molecule has 0 fully saturated rings. The molecule has 0 atom stereocenters. The van der Waals surface area contributed by atoms with Gasteiger partial charge in [0, 0.05) is 45.2 Å². The van der Waals surface area contributed by atoms with E-state index in [0.717, 1.165) is 56.3 Å². The maximum atomic E-state index is 5.32. The molecule has 2 aliphatic heterocycles. The monoisotopic (exact) mass is 813 g/mol. The van der Waals surface area contributed by atoms with Crippen LogP contribution in [0.2, 0.25) is 0 Å². The van der Waals surface area contributed by atoms with Crippen molar-refractivity contribution in [3.05, 3.63) is 204 Å². The first-order chi connectivity index (χ1) is 30.6. The topological polar surface area (TPSA) is 28.7 Å². The smallest absolute Gasteiger partial charge is 0.247 e. The zero-order chi connectivity index (χ0) is 42.8. The molecule has 0 amide bonds. The van der Waals surface area contributed by atoms with Crippen LogP contribution in [0.25, 0.3) is 33.5 Å². The van der Waals surface area contributed by atoms with E-state index in [1.165, 1.54) is 50.0 Å². The van der Waals surface area contributed by atoms with E-state index in [-0.39, 0.29) is 17.5 Å². The third-order valence-corrected chi connectivity index (χ3v) is 13.7. The Kier molecular flexibility index (Phi) is 8.08. The van der Waals surface area contributed by atoms with Gasteiger partial charge in [-0.2, -0.15) is 0 Å². The van der Waals surface area contributed by atoms with Crippen molar-refractivity contribution >= 4 is 85.1 Å². The SMILES string of the molecule is Cc1cc2c3c(c1)C(C)(C)c1cc(N(c4ccccc4)c4ccccc4)ccc1B3c1cc3c(cc1N2c1ccc(C(C)(C)C)cc1)n1c2ccccc2nc1n3-c1ccccc1. The van der Waals surface area contributed by atoms with Gasteiger partial charge in [-0.15, -0.1) is 0 Å². The number of imidazole rings is 2. The first-order valence-electron chi connectivity index (χ1n) is 22.2.